The lowest BCUT2D eigenvalue weighted by Crippen LogP contribution is -2.43. The van der Waals surface area contributed by atoms with Crippen molar-refractivity contribution in [2.24, 2.45) is 5.92 Å². The lowest BCUT2D eigenvalue weighted by molar-refractivity contribution is -0.137. The number of urea groups is 1. The van der Waals surface area contributed by atoms with E-state index < -0.39 is 5.97 Å². The molecule has 5 heteroatoms. The van der Waals surface area contributed by atoms with Crippen molar-refractivity contribution in [2.45, 2.75) is 45.6 Å². The number of carboxylic acids is 1. The fraction of sp³-hybridized carbons (Fsp3) is 0.529. The predicted octanol–water partition coefficient (Wildman–Crippen LogP) is 2.81. The summed E-state index contributed by atoms with van der Waals surface area (Å²) in [6.45, 7) is 4.83. The number of amides is 2. The Balaban J connectivity index is 2.50. The van der Waals surface area contributed by atoms with Gasteiger partial charge in [0.05, 0.1) is 0 Å². The zero-order valence-corrected chi connectivity index (χ0v) is 13.3. The maximum atomic E-state index is 11.9. The Morgan fingerprint density at radius 1 is 1.14 bits per heavy atom. The van der Waals surface area contributed by atoms with E-state index in [2.05, 4.69) is 24.5 Å². The second-order valence-corrected chi connectivity index (χ2v) is 5.90. The standard InChI is InChI=1S/C17H26N2O3/c1-13(2)10-11-18-17(22)19-15(8-9-16(20)21)12-14-6-4-3-5-7-14/h3-7,13,15H,8-12H2,1-2H3,(H,20,21)(H2,18,19,22). The maximum Gasteiger partial charge on any atom is 0.315 e. The van der Waals surface area contributed by atoms with Gasteiger partial charge in [0.25, 0.3) is 0 Å². The minimum atomic E-state index is -0.847. The van der Waals surface area contributed by atoms with Crippen LogP contribution in [0.25, 0.3) is 0 Å². The van der Waals surface area contributed by atoms with Crippen molar-refractivity contribution in [1.82, 2.24) is 10.6 Å². The number of hydrogen-bond donors (Lipinski definition) is 3. The summed E-state index contributed by atoms with van der Waals surface area (Å²) in [6, 6.07) is 9.35. The Morgan fingerprint density at radius 2 is 1.82 bits per heavy atom. The van der Waals surface area contributed by atoms with Crippen LogP contribution in [0, 0.1) is 5.92 Å². The molecule has 22 heavy (non-hydrogen) atoms. The van der Waals surface area contributed by atoms with Crippen molar-refractivity contribution in [3.8, 4) is 0 Å². The summed E-state index contributed by atoms with van der Waals surface area (Å²) >= 11 is 0. The van der Waals surface area contributed by atoms with Crippen LogP contribution in [0.5, 0.6) is 0 Å². The van der Waals surface area contributed by atoms with Crippen molar-refractivity contribution in [2.75, 3.05) is 6.54 Å². The molecule has 1 aromatic rings. The van der Waals surface area contributed by atoms with Gasteiger partial charge in [-0.2, -0.15) is 0 Å². The van der Waals surface area contributed by atoms with Gasteiger partial charge in [0.15, 0.2) is 0 Å². The highest BCUT2D eigenvalue weighted by Crippen LogP contribution is 2.08. The topological polar surface area (TPSA) is 78.4 Å². The minimum Gasteiger partial charge on any atom is -0.481 e. The molecule has 0 fully saturated rings. The zero-order valence-electron chi connectivity index (χ0n) is 13.3. The first-order valence-electron chi connectivity index (χ1n) is 7.77. The van der Waals surface area contributed by atoms with Gasteiger partial charge in [-0.15, -0.1) is 0 Å². The number of carbonyl (C=O) groups excluding carboxylic acids is 1. The van der Waals surface area contributed by atoms with Crippen LogP contribution in [0.1, 0.15) is 38.7 Å². The normalized spacial score (nSPS) is 12.0. The molecule has 1 unspecified atom stereocenters. The second-order valence-electron chi connectivity index (χ2n) is 5.90. The molecule has 1 aromatic carbocycles. The third-order valence-electron chi connectivity index (χ3n) is 3.37. The van der Waals surface area contributed by atoms with Gasteiger partial charge in [-0.1, -0.05) is 44.2 Å². The van der Waals surface area contributed by atoms with E-state index in [0.717, 1.165) is 12.0 Å². The van der Waals surface area contributed by atoms with Crippen molar-refractivity contribution in [3.05, 3.63) is 35.9 Å². The Labute approximate surface area is 132 Å². The summed E-state index contributed by atoms with van der Waals surface area (Å²) in [5.41, 5.74) is 1.08. The highest BCUT2D eigenvalue weighted by molar-refractivity contribution is 5.74. The summed E-state index contributed by atoms with van der Waals surface area (Å²) in [7, 11) is 0. The lowest BCUT2D eigenvalue weighted by Gasteiger charge is -2.19. The molecule has 0 aliphatic heterocycles. The number of hydrogen-bond acceptors (Lipinski definition) is 2. The van der Waals surface area contributed by atoms with Gasteiger partial charge < -0.3 is 15.7 Å². The first-order valence-corrected chi connectivity index (χ1v) is 7.77. The molecule has 0 saturated heterocycles. The van der Waals surface area contributed by atoms with E-state index >= 15 is 0 Å². The van der Waals surface area contributed by atoms with Crippen LogP contribution in [-0.2, 0) is 11.2 Å². The van der Waals surface area contributed by atoms with Gasteiger partial charge in [0, 0.05) is 19.0 Å². The smallest absolute Gasteiger partial charge is 0.315 e. The fourth-order valence-electron chi connectivity index (χ4n) is 2.13. The molecule has 2 amide bonds. The Bertz CT molecular complexity index is 460. The molecule has 0 heterocycles. The van der Waals surface area contributed by atoms with E-state index in [9.17, 15) is 9.59 Å². The summed E-state index contributed by atoms with van der Waals surface area (Å²) in [5, 5.41) is 14.5. The van der Waals surface area contributed by atoms with Crippen LogP contribution < -0.4 is 10.6 Å². The molecule has 122 valence electrons. The molecule has 0 bridgehead atoms. The number of carbonyl (C=O) groups is 2. The van der Waals surface area contributed by atoms with Crippen LogP contribution in [-0.4, -0.2) is 29.7 Å². The van der Waals surface area contributed by atoms with Gasteiger partial charge in [-0.05, 0) is 30.7 Å². The maximum absolute atomic E-state index is 11.9. The van der Waals surface area contributed by atoms with Crippen LogP contribution in [0.15, 0.2) is 30.3 Å². The fourth-order valence-corrected chi connectivity index (χ4v) is 2.13. The molecule has 3 N–H and O–H groups in total. The molecule has 1 rings (SSSR count). The van der Waals surface area contributed by atoms with Crippen molar-refractivity contribution in [1.29, 1.82) is 0 Å². The number of aliphatic carboxylic acids is 1. The third-order valence-corrected chi connectivity index (χ3v) is 3.37. The molecule has 1 atom stereocenters. The first-order chi connectivity index (χ1) is 10.5. The number of rotatable bonds is 9. The van der Waals surface area contributed by atoms with Gasteiger partial charge in [0.2, 0.25) is 0 Å². The van der Waals surface area contributed by atoms with E-state index in [-0.39, 0.29) is 18.5 Å². The molecular weight excluding hydrogens is 280 g/mol. The molecule has 0 aliphatic carbocycles. The quantitative estimate of drug-likeness (QED) is 0.656. The number of carboxylic acid groups (broad SMARTS) is 1. The van der Waals surface area contributed by atoms with Crippen molar-refractivity contribution >= 4 is 12.0 Å². The van der Waals surface area contributed by atoms with Gasteiger partial charge >= 0.3 is 12.0 Å². The van der Waals surface area contributed by atoms with Gasteiger partial charge in [0.1, 0.15) is 0 Å². The van der Waals surface area contributed by atoms with E-state index in [4.69, 9.17) is 5.11 Å². The predicted molar refractivity (Wildman–Crippen MR) is 86.8 cm³/mol. The molecule has 0 aromatic heterocycles. The Kier molecular flexibility index (Phi) is 8.04. The summed E-state index contributed by atoms with van der Waals surface area (Å²) in [4.78, 5) is 22.7. The molecule has 5 nitrogen and oxygen atoms in total. The first kappa shape index (κ1) is 18.0. The van der Waals surface area contributed by atoms with E-state index in [0.29, 0.717) is 25.3 Å². The van der Waals surface area contributed by atoms with Crippen molar-refractivity contribution < 1.29 is 14.7 Å². The van der Waals surface area contributed by atoms with E-state index in [1.807, 2.05) is 30.3 Å². The van der Waals surface area contributed by atoms with Crippen LogP contribution in [0.4, 0.5) is 4.79 Å². The van der Waals surface area contributed by atoms with Crippen LogP contribution in [0.2, 0.25) is 0 Å². The molecule has 0 aliphatic rings. The van der Waals surface area contributed by atoms with E-state index in [1.165, 1.54) is 0 Å². The monoisotopic (exact) mass is 306 g/mol. The second kappa shape index (κ2) is 9.82. The summed E-state index contributed by atoms with van der Waals surface area (Å²) in [5.74, 6) is -0.312. The number of nitrogens with one attached hydrogen (secondary N) is 2. The average Bonchev–Trinajstić information content (AvgIpc) is 2.45. The van der Waals surface area contributed by atoms with Gasteiger partial charge in [-0.25, -0.2) is 4.79 Å². The van der Waals surface area contributed by atoms with E-state index in [1.54, 1.807) is 0 Å². The molecule has 0 saturated carbocycles. The summed E-state index contributed by atoms with van der Waals surface area (Å²) < 4.78 is 0. The molecule has 0 spiro atoms. The molecule has 0 radical (unpaired) electrons. The SMILES string of the molecule is CC(C)CCNC(=O)NC(CCC(=O)O)Cc1ccccc1. The average molecular weight is 306 g/mol. The summed E-state index contributed by atoms with van der Waals surface area (Å²) in [6.07, 6.45) is 2.02. The third kappa shape index (κ3) is 8.29. The number of benzene rings is 1. The largest absolute Gasteiger partial charge is 0.481 e. The Morgan fingerprint density at radius 3 is 2.41 bits per heavy atom. The van der Waals surface area contributed by atoms with Crippen LogP contribution in [0.3, 0.4) is 0 Å². The van der Waals surface area contributed by atoms with Crippen molar-refractivity contribution in [3.63, 3.8) is 0 Å². The van der Waals surface area contributed by atoms with Gasteiger partial charge in [-0.3, -0.25) is 4.79 Å². The lowest BCUT2D eigenvalue weighted by atomic mass is 10.0. The van der Waals surface area contributed by atoms with Crippen LogP contribution >= 0.6 is 0 Å². The highest BCUT2D eigenvalue weighted by atomic mass is 16.4. The molecular formula is C17H26N2O3. The Hall–Kier alpha value is -2.04. The minimum absolute atomic E-state index is 0.0454. The zero-order chi connectivity index (χ0) is 16.4. The highest BCUT2D eigenvalue weighted by Gasteiger charge is 2.14.